The first kappa shape index (κ1) is 29.4. The Morgan fingerprint density at radius 3 is 2.38 bits per heavy atom. The third-order valence-electron chi connectivity index (χ3n) is 6.75. The van der Waals surface area contributed by atoms with Gasteiger partial charge in [0.05, 0.1) is 17.8 Å². The van der Waals surface area contributed by atoms with Gasteiger partial charge in [0.25, 0.3) is 11.8 Å². The molecule has 4 aromatic rings. The molecule has 0 bridgehead atoms. The zero-order valence-corrected chi connectivity index (χ0v) is 22.4. The van der Waals surface area contributed by atoms with Crippen LogP contribution in [0.3, 0.4) is 0 Å². The maximum atomic E-state index is 13.6. The second-order valence-electron chi connectivity index (χ2n) is 9.71. The summed E-state index contributed by atoms with van der Waals surface area (Å²) in [5.41, 5.74) is -0.151. The molecule has 1 aliphatic rings. The van der Waals surface area contributed by atoms with Gasteiger partial charge in [-0.15, -0.1) is 10.2 Å². The lowest BCUT2D eigenvalue weighted by Gasteiger charge is -2.32. The Bertz CT molecular complexity index is 1640. The van der Waals surface area contributed by atoms with E-state index >= 15 is 0 Å². The van der Waals surface area contributed by atoms with Gasteiger partial charge >= 0.3 is 11.9 Å². The molecule has 1 unspecified atom stereocenters. The van der Waals surface area contributed by atoms with Crippen molar-refractivity contribution < 1.29 is 31.9 Å². The second kappa shape index (κ2) is 11.3. The highest BCUT2D eigenvalue weighted by Crippen LogP contribution is 2.29. The number of aromatic nitrogens is 6. The number of piperidine rings is 1. The maximum absolute atomic E-state index is 13.6. The number of carbonyl (C=O) groups excluding carboxylic acids is 1. The monoisotopic (exact) mass is 611 g/mol. The number of likely N-dealkylation sites (tertiary alicyclic amines) is 1. The van der Waals surface area contributed by atoms with E-state index in [0.717, 1.165) is 4.68 Å². The fourth-order valence-corrected chi connectivity index (χ4v) is 4.60. The maximum Gasteiger partial charge on any atom is 0.416 e. The Morgan fingerprint density at radius 1 is 1.05 bits per heavy atom. The number of hydrogen-bond acceptors (Lipinski definition) is 6. The van der Waals surface area contributed by atoms with E-state index in [1.54, 1.807) is 18.2 Å². The summed E-state index contributed by atoms with van der Waals surface area (Å²) in [6.45, 7) is -1.65. The van der Waals surface area contributed by atoms with Crippen molar-refractivity contribution in [3.8, 4) is 17.1 Å². The first-order valence-electron chi connectivity index (χ1n) is 12.7. The summed E-state index contributed by atoms with van der Waals surface area (Å²) < 4.78 is 69.4. The molecular weight excluding hydrogens is 589 g/mol. The Hall–Kier alpha value is -4.11. The minimum absolute atomic E-state index is 0.0423. The van der Waals surface area contributed by atoms with E-state index in [-0.39, 0.29) is 42.4 Å². The molecule has 0 saturated carbocycles. The summed E-state index contributed by atoms with van der Waals surface area (Å²) in [6, 6.07) is 12.3. The number of carbonyl (C=O) groups is 1. The van der Waals surface area contributed by atoms with E-state index in [2.05, 4.69) is 15.2 Å². The van der Waals surface area contributed by atoms with Crippen LogP contribution in [-0.2, 0) is 13.1 Å². The first-order valence-corrected chi connectivity index (χ1v) is 13.1. The van der Waals surface area contributed by atoms with Crippen LogP contribution in [0.1, 0.15) is 29.0 Å². The van der Waals surface area contributed by atoms with Gasteiger partial charge in [-0.1, -0.05) is 23.7 Å². The van der Waals surface area contributed by atoms with Gasteiger partial charge in [-0.3, -0.25) is 9.36 Å². The lowest BCUT2D eigenvalue weighted by molar-refractivity contribution is -0.207. The van der Waals surface area contributed by atoms with Crippen molar-refractivity contribution >= 4 is 17.5 Å². The third-order valence-corrected chi connectivity index (χ3v) is 7.00. The number of nitrogens with zero attached hydrogens (tertiary/aromatic N) is 7. The number of amides is 1. The number of para-hydroxylation sites is 1. The van der Waals surface area contributed by atoms with Crippen LogP contribution in [0.4, 0.5) is 22.0 Å². The van der Waals surface area contributed by atoms with Crippen molar-refractivity contribution in [3.63, 3.8) is 0 Å². The summed E-state index contributed by atoms with van der Waals surface area (Å²) in [6.07, 6.45) is -7.39. The van der Waals surface area contributed by atoms with Crippen LogP contribution in [0.15, 0.2) is 59.7 Å². The molecule has 1 aliphatic heterocycles. The Balaban J connectivity index is 1.43. The van der Waals surface area contributed by atoms with Gasteiger partial charge in [0.15, 0.2) is 17.8 Å². The van der Waals surface area contributed by atoms with Gasteiger partial charge in [-0.2, -0.15) is 13.2 Å². The van der Waals surface area contributed by atoms with Crippen LogP contribution >= 0.6 is 11.6 Å². The van der Waals surface area contributed by atoms with Crippen LogP contribution in [0, 0.1) is 0 Å². The molecule has 1 saturated heterocycles. The number of aliphatic hydroxyl groups excluding tert-OH is 1. The summed E-state index contributed by atoms with van der Waals surface area (Å²) in [5.74, 6) is -3.37. The number of aliphatic hydroxyl groups is 1. The largest absolute Gasteiger partial charge is 0.416 e. The number of hydrogen-bond donors (Lipinski definition) is 1. The average molecular weight is 612 g/mol. The average Bonchev–Trinajstić information content (AvgIpc) is 3.53. The molecule has 1 atom stereocenters. The molecule has 0 aliphatic carbocycles. The van der Waals surface area contributed by atoms with E-state index in [4.69, 9.17) is 11.6 Å². The molecule has 3 heterocycles. The molecule has 16 heteroatoms. The lowest BCUT2D eigenvalue weighted by atomic mass is 10.0. The fourth-order valence-electron chi connectivity index (χ4n) is 4.48. The predicted molar refractivity (Wildman–Crippen MR) is 140 cm³/mol. The molecule has 42 heavy (non-hydrogen) atoms. The van der Waals surface area contributed by atoms with Gasteiger partial charge in [0.1, 0.15) is 12.9 Å². The van der Waals surface area contributed by atoms with Gasteiger partial charge < -0.3 is 10.0 Å². The highest BCUT2D eigenvalue weighted by Gasteiger charge is 2.39. The second-order valence-corrected chi connectivity index (χ2v) is 10.1. The molecule has 1 fully saturated rings. The van der Waals surface area contributed by atoms with Crippen molar-refractivity contribution in [2.45, 2.75) is 44.1 Å². The molecule has 0 spiro atoms. The van der Waals surface area contributed by atoms with Crippen LogP contribution in [0.2, 0.25) is 5.02 Å². The summed E-state index contributed by atoms with van der Waals surface area (Å²) in [4.78, 5) is 31.8. The van der Waals surface area contributed by atoms with Gasteiger partial charge in [0.2, 0.25) is 0 Å². The van der Waals surface area contributed by atoms with Crippen molar-refractivity contribution in [2.75, 3.05) is 13.1 Å². The van der Waals surface area contributed by atoms with Crippen LogP contribution in [0.5, 0.6) is 0 Å². The minimum atomic E-state index is -4.97. The van der Waals surface area contributed by atoms with E-state index < -0.39 is 49.2 Å². The van der Waals surface area contributed by atoms with Crippen LogP contribution in [0.25, 0.3) is 17.1 Å². The molecule has 222 valence electrons. The van der Waals surface area contributed by atoms with Crippen LogP contribution < -0.4 is 5.69 Å². The van der Waals surface area contributed by atoms with Crippen molar-refractivity contribution in [2.24, 2.45) is 0 Å². The van der Waals surface area contributed by atoms with Crippen molar-refractivity contribution in [3.05, 3.63) is 81.8 Å². The summed E-state index contributed by atoms with van der Waals surface area (Å²) >= 11 is 5.91. The van der Waals surface area contributed by atoms with Crippen molar-refractivity contribution in [1.82, 2.24) is 34.0 Å². The zero-order chi connectivity index (χ0) is 30.2. The smallest absolute Gasteiger partial charge is 0.382 e. The molecule has 5 rings (SSSR count). The molecule has 0 radical (unpaired) electrons. The van der Waals surface area contributed by atoms with E-state index in [1.807, 2.05) is 0 Å². The Morgan fingerprint density at radius 2 is 1.71 bits per heavy atom. The Labute approximate surface area is 239 Å². The van der Waals surface area contributed by atoms with Crippen molar-refractivity contribution in [1.29, 1.82) is 0 Å². The normalized spacial score (nSPS) is 16.0. The molecule has 1 N–H and O–H groups in total. The molecule has 1 amide bonds. The number of alkyl halides is 5. The molecule has 10 nitrogen and oxygen atoms in total. The molecule has 2 aromatic heterocycles. The van der Waals surface area contributed by atoms with Gasteiger partial charge in [-0.25, -0.2) is 27.9 Å². The highest BCUT2D eigenvalue weighted by atomic mass is 35.5. The van der Waals surface area contributed by atoms with Gasteiger partial charge in [-0.05, 0) is 36.4 Å². The zero-order valence-electron chi connectivity index (χ0n) is 21.7. The fraction of sp³-hybridized carbons (Fsp3) is 0.346. The van der Waals surface area contributed by atoms with E-state index in [9.17, 15) is 36.6 Å². The molecular formula is C26H23ClF5N7O3. The standard InChI is InChI=1S/C26H23ClF5N7O3/c27-17-7-5-16(6-8-17)22-35-38(24(42)37(22)13-20(40)26(30,31)32)14-21-33-15-39(34-21)19-4-2-1-3-18(19)23(41)36-11-9-25(28,29)10-12-36/h1-8,15,20,40H,9-14H2. The lowest BCUT2D eigenvalue weighted by Crippen LogP contribution is -2.43. The first-order chi connectivity index (χ1) is 19.8. The van der Waals surface area contributed by atoms with E-state index in [1.165, 1.54) is 46.2 Å². The van der Waals surface area contributed by atoms with E-state index in [0.29, 0.717) is 15.3 Å². The Kier molecular flexibility index (Phi) is 7.90. The minimum Gasteiger partial charge on any atom is -0.382 e. The topological polar surface area (TPSA) is 111 Å². The summed E-state index contributed by atoms with van der Waals surface area (Å²) in [7, 11) is 0. The third kappa shape index (κ3) is 6.21. The predicted octanol–water partition coefficient (Wildman–Crippen LogP) is 3.79. The van der Waals surface area contributed by atoms with Crippen LogP contribution in [-0.4, -0.2) is 76.3 Å². The number of halogens is 6. The number of benzene rings is 2. The quantitative estimate of drug-likeness (QED) is 0.319. The number of rotatable bonds is 7. The SMILES string of the molecule is O=C(c1ccccc1-n1cnc(Cn2nc(-c3ccc(Cl)cc3)n(CC(O)C(F)(F)F)c2=O)n1)N1CCC(F)(F)CC1. The van der Waals surface area contributed by atoms with Gasteiger partial charge in [0, 0.05) is 36.5 Å². The highest BCUT2D eigenvalue weighted by molar-refractivity contribution is 6.30. The summed E-state index contributed by atoms with van der Waals surface area (Å²) in [5, 5.41) is 18.5. The molecule has 2 aromatic carbocycles.